The van der Waals surface area contributed by atoms with Gasteiger partial charge in [0, 0.05) is 25.6 Å². The molecule has 0 bridgehead atoms. The normalized spacial score (nSPS) is 21.3. The van der Waals surface area contributed by atoms with Crippen molar-refractivity contribution in [3.8, 4) is 5.75 Å². The maximum Gasteiger partial charge on any atom is 0.317 e. The number of rotatable bonds is 7. The van der Waals surface area contributed by atoms with Gasteiger partial charge in [-0.25, -0.2) is 4.79 Å². The van der Waals surface area contributed by atoms with Crippen LogP contribution in [0.1, 0.15) is 38.2 Å². The highest BCUT2D eigenvalue weighted by atomic mass is 16.5. The Balaban J connectivity index is 1.72. The Morgan fingerprint density at radius 2 is 2.08 bits per heavy atom. The summed E-state index contributed by atoms with van der Waals surface area (Å²) in [5.74, 6) is 1.08. The van der Waals surface area contributed by atoms with E-state index in [9.17, 15) is 9.90 Å². The summed E-state index contributed by atoms with van der Waals surface area (Å²) in [6, 6.07) is 8.08. The van der Waals surface area contributed by atoms with Gasteiger partial charge >= 0.3 is 6.03 Å². The summed E-state index contributed by atoms with van der Waals surface area (Å²) in [6.07, 6.45) is 4.46. The van der Waals surface area contributed by atoms with Gasteiger partial charge in [0.15, 0.2) is 0 Å². The minimum Gasteiger partial charge on any atom is -0.497 e. The highest BCUT2D eigenvalue weighted by Crippen LogP contribution is 2.26. The molecule has 0 spiro atoms. The van der Waals surface area contributed by atoms with Gasteiger partial charge in [0.1, 0.15) is 5.75 Å². The van der Waals surface area contributed by atoms with Crippen LogP contribution in [0.3, 0.4) is 0 Å². The number of hydrogen-bond acceptors (Lipinski definition) is 3. The quantitative estimate of drug-likeness (QED) is 0.806. The van der Waals surface area contributed by atoms with Crippen LogP contribution in [-0.2, 0) is 6.42 Å². The van der Waals surface area contributed by atoms with Crippen molar-refractivity contribution in [1.29, 1.82) is 0 Å². The first-order valence-corrected chi connectivity index (χ1v) is 8.82. The van der Waals surface area contributed by atoms with Gasteiger partial charge in [-0.3, -0.25) is 0 Å². The molecule has 1 aromatic rings. The number of aryl methyl sites for hydroxylation is 1. The minimum absolute atomic E-state index is 0.0590. The Morgan fingerprint density at radius 3 is 2.67 bits per heavy atom. The van der Waals surface area contributed by atoms with Crippen molar-refractivity contribution in [3.63, 3.8) is 0 Å². The number of carbonyl (C=O) groups excluding carboxylic acids is 1. The van der Waals surface area contributed by atoms with E-state index in [0.29, 0.717) is 6.54 Å². The molecule has 1 aliphatic rings. The monoisotopic (exact) mass is 334 g/mol. The van der Waals surface area contributed by atoms with Gasteiger partial charge in [-0.2, -0.15) is 0 Å². The molecule has 3 atom stereocenters. The summed E-state index contributed by atoms with van der Waals surface area (Å²) in [5, 5.41) is 12.9. The molecule has 1 saturated carbocycles. The number of urea groups is 1. The second-order valence-electron chi connectivity index (χ2n) is 6.88. The van der Waals surface area contributed by atoms with E-state index in [-0.39, 0.29) is 24.1 Å². The van der Waals surface area contributed by atoms with Crippen LogP contribution in [0.25, 0.3) is 0 Å². The summed E-state index contributed by atoms with van der Waals surface area (Å²) in [4.78, 5) is 14.0. The largest absolute Gasteiger partial charge is 0.497 e. The summed E-state index contributed by atoms with van der Waals surface area (Å²) < 4.78 is 5.16. The molecule has 24 heavy (non-hydrogen) atoms. The lowest BCUT2D eigenvalue weighted by Crippen LogP contribution is -2.44. The van der Waals surface area contributed by atoms with Crippen LogP contribution in [0, 0.1) is 5.92 Å². The number of benzene rings is 1. The second kappa shape index (κ2) is 8.92. The van der Waals surface area contributed by atoms with Gasteiger partial charge in [0.2, 0.25) is 0 Å². The number of aliphatic hydroxyl groups excluding tert-OH is 1. The second-order valence-corrected chi connectivity index (χ2v) is 6.88. The molecule has 5 nitrogen and oxygen atoms in total. The van der Waals surface area contributed by atoms with Crippen molar-refractivity contribution in [2.75, 3.05) is 20.7 Å². The lowest BCUT2D eigenvalue weighted by molar-refractivity contribution is 0.113. The maximum atomic E-state index is 12.3. The van der Waals surface area contributed by atoms with Gasteiger partial charge in [0.05, 0.1) is 13.2 Å². The third-order valence-electron chi connectivity index (χ3n) is 4.87. The maximum absolute atomic E-state index is 12.3. The van der Waals surface area contributed by atoms with Crippen molar-refractivity contribution in [2.45, 2.75) is 51.2 Å². The highest BCUT2D eigenvalue weighted by molar-refractivity contribution is 5.74. The predicted octanol–water partition coefficient (Wildman–Crippen LogP) is 2.82. The Morgan fingerprint density at radius 1 is 1.38 bits per heavy atom. The Hall–Kier alpha value is -1.75. The van der Waals surface area contributed by atoms with E-state index < -0.39 is 0 Å². The molecule has 134 valence electrons. The Labute approximate surface area is 145 Å². The zero-order valence-electron chi connectivity index (χ0n) is 15.0. The summed E-state index contributed by atoms with van der Waals surface area (Å²) in [5.41, 5.74) is 1.24. The number of nitrogens with zero attached hydrogens (tertiary/aromatic N) is 1. The lowest BCUT2D eigenvalue weighted by Gasteiger charge is -2.25. The first kappa shape index (κ1) is 18.6. The van der Waals surface area contributed by atoms with Crippen LogP contribution in [0.15, 0.2) is 24.3 Å². The van der Waals surface area contributed by atoms with Crippen molar-refractivity contribution < 1.29 is 14.6 Å². The number of carbonyl (C=O) groups is 1. The fourth-order valence-electron chi connectivity index (χ4n) is 3.23. The van der Waals surface area contributed by atoms with Crippen LogP contribution in [0.2, 0.25) is 0 Å². The highest BCUT2D eigenvalue weighted by Gasteiger charge is 2.27. The first-order chi connectivity index (χ1) is 11.5. The molecular weight excluding hydrogens is 304 g/mol. The van der Waals surface area contributed by atoms with E-state index in [4.69, 9.17) is 4.74 Å². The van der Waals surface area contributed by atoms with Crippen LogP contribution in [0.5, 0.6) is 5.75 Å². The molecule has 1 fully saturated rings. The smallest absolute Gasteiger partial charge is 0.317 e. The number of ether oxygens (including phenoxy) is 1. The predicted molar refractivity (Wildman–Crippen MR) is 95.3 cm³/mol. The molecule has 5 heteroatoms. The molecule has 0 aromatic heterocycles. The van der Waals surface area contributed by atoms with Gasteiger partial charge in [-0.15, -0.1) is 0 Å². The average Bonchev–Trinajstić information content (AvgIpc) is 2.98. The minimum atomic E-state index is -0.257. The standard InChI is InChI=1S/C19H30N2O3/c1-14(7-8-15-9-11-17(24-3)12-10-15)20-19(23)21(2)13-16-5-4-6-18(16)22/h9-12,14,16,18,22H,4-8,13H2,1-3H3,(H,20,23). The average molecular weight is 334 g/mol. The van der Waals surface area contributed by atoms with Gasteiger partial charge in [-0.1, -0.05) is 18.6 Å². The fraction of sp³-hybridized carbons (Fsp3) is 0.632. The van der Waals surface area contributed by atoms with E-state index in [1.807, 2.05) is 19.1 Å². The third-order valence-corrected chi connectivity index (χ3v) is 4.87. The third kappa shape index (κ3) is 5.41. The topological polar surface area (TPSA) is 61.8 Å². The van der Waals surface area contributed by atoms with Gasteiger partial charge in [-0.05, 0) is 50.3 Å². The van der Waals surface area contributed by atoms with Crippen molar-refractivity contribution >= 4 is 6.03 Å². The molecule has 0 saturated heterocycles. The molecule has 0 aliphatic heterocycles. The molecule has 1 aliphatic carbocycles. The number of methoxy groups -OCH3 is 1. The van der Waals surface area contributed by atoms with Crippen LogP contribution in [-0.4, -0.2) is 48.9 Å². The Kier molecular flexibility index (Phi) is 6.91. The molecule has 1 aromatic carbocycles. The molecule has 0 heterocycles. The molecular formula is C19H30N2O3. The van der Waals surface area contributed by atoms with Crippen LogP contribution in [0.4, 0.5) is 4.79 Å². The molecule has 2 rings (SSSR count). The van der Waals surface area contributed by atoms with E-state index in [0.717, 1.165) is 37.9 Å². The van der Waals surface area contributed by atoms with Crippen molar-refractivity contribution in [1.82, 2.24) is 10.2 Å². The number of hydrogen-bond donors (Lipinski definition) is 2. The molecule has 0 radical (unpaired) electrons. The number of amides is 2. The first-order valence-electron chi connectivity index (χ1n) is 8.82. The van der Waals surface area contributed by atoms with E-state index in [1.165, 1.54) is 5.56 Å². The SMILES string of the molecule is COc1ccc(CCC(C)NC(=O)N(C)CC2CCCC2O)cc1. The van der Waals surface area contributed by atoms with Crippen molar-refractivity contribution in [2.24, 2.45) is 5.92 Å². The van der Waals surface area contributed by atoms with Crippen molar-refractivity contribution in [3.05, 3.63) is 29.8 Å². The summed E-state index contributed by atoms with van der Waals surface area (Å²) in [7, 11) is 3.46. The van der Waals surface area contributed by atoms with Crippen LogP contribution >= 0.6 is 0 Å². The molecule has 2 N–H and O–H groups in total. The van der Waals surface area contributed by atoms with Gasteiger partial charge < -0.3 is 20.1 Å². The summed E-state index contributed by atoms with van der Waals surface area (Å²) >= 11 is 0. The fourth-order valence-corrected chi connectivity index (χ4v) is 3.23. The number of nitrogens with one attached hydrogen (secondary N) is 1. The van der Waals surface area contributed by atoms with Crippen LogP contribution < -0.4 is 10.1 Å². The molecule has 3 unspecified atom stereocenters. The van der Waals surface area contributed by atoms with Gasteiger partial charge in [0.25, 0.3) is 0 Å². The van der Waals surface area contributed by atoms with E-state index >= 15 is 0 Å². The van der Waals surface area contributed by atoms with E-state index in [2.05, 4.69) is 17.4 Å². The number of aliphatic hydroxyl groups is 1. The Bertz CT molecular complexity index is 518. The zero-order chi connectivity index (χ0) is 17.5. The van der Waals surface area contributed by atoms with E-state index in [1.54, 1.807) is 19.1 Å². The zero-order valence-corrected chi connectivity index (χ0v) is 15.0. The lowest BCUT2D eigenvalue weighted by atomic mass is 10.1. The summed E-state index contributed by atoms with van der Waals surface area (Å²) in [6.45, 7) is 2.65. The molecule has 2 amide bonds.